The van der Waals surface area contributed by atoms with Crippen LogP contribution in [-0.2, 0) is 5.41 Å². The Morgan fingerprint density at radius 3 is 2.44 bits per heavy atom. The lowest BCUT2D eigenvalue weighted by Crippen LogP contribution is -2.40. The van der Waals surface area contributed by atoms with E-state index in [2.05, 4.69) is 54.1 Å². The lowest BCUT2D eigenvalue weighted by Gasteiger charge is -2.32. The average molecular weight is 337 g/mol. The minimum atomic E-state index is 0.103. The Hall–Kier alpha value is -2.20. The number of rotatable bonds is 4. The predicted octanol–water partition coefficient (Wildman–Crippen LogP) is 3.21. The molecule has 0 spiro atoms. The highest BCUT2D eigenvalue weighted by molar-refractivity contribution is 5.94. The smallest absolute Gasteiger partial charge is 0.254 e. The number of aromatic nitrogens is 1. The van der Waals surface area contributed by atoms with Crippen LogP contribution in [-0.4, -0.2) is 53.4 Å². The summed E-state index contributed by atoms with van der Waals surface area (Å²) < 4.78 is 0. The molecular weight excluding hydrogens is 310 g/mol. The Morgan fingerprint density at radius 2 is 1.72 bits per heavy atom. The molecule has 0 unspecified atom stereocenters. The van der Waals surface area contributed by atoms with Crippen molar-refractivity contribution in [2.45, 2.75) is 25.7 Å². The first-order valence-corrected chi connectivity index (χ1v) is 9.03. The van der Waals surface area contributed by atoms with Crippen LogP contribution in [0.2, 0.25) is 0 Å². The van der Waals surface area contributed by atoms with Crippen LogP contribution in [0.5, 0.6) is 0 Å². The van der Waals surface area contributed by atoms with Crippen molar-refractivity contribution >= 4 is 5.91 Å². The molecule has 1 aromatic carbocycles. The van der Waals surface area contributed by atoms with E-state index in [1.165, 1.54) is 5.56 Å². The summed E-state index contributed by atoms with van der Waals surface area (Å²) in [7, 11) is 0. The Labute approximate surface area is 150 Å². The molecule has 1 fully saturated rings. The van der Waals surface area contributed by atoms with Gasteiger partial charge in [-0.05, 0) is 30.7 Å². The molecule has 0 saturated carbocycles. The standard InChI is InChI=1S/C21H27N3O/c1-21(2,19-7-4-3-5-8-19)17-23-13-6-14-24(16-15-23)20(25)18-9-11-22-12-10-18/h3-5,7-12H,6,13-17H2,1-2H3. The van der Waals surface area contributed by atoms with Crippen LogP contribution >= 0.6 is 0 Å². The third kappa shape index (κ3) is 4.45. The normalized spacial score (nSPS) is 16.5. The first kappa shape index (κ1) is 17.6. The maximum absolute atomic E-state index is 12.6. The molecule has 0 N–H and O–H groups in total. The fraction of sp³-hybridized carbons (Fsp3) is 0.429. The minimum Gasteiger partial charge on any atom is -0.337 e. The van der Waals surface area contributed by atoms with E-state index < -0.39 is 0 Å². The Bertz CT molecular complexity index is 685. The van der Waals surface area contributed by atoms with Crippen molar-refractivity contribution in [3.8, 4) is 0 Å². The van der Waals surface area contributed by atoms with Crippen molar-refractivity contribution in [3.63, 3.8) is 0 Å². The van der Waals surface area contributed by atoms with E-state index >= 15 is 0 Å². The highest BCUT2D eigenvalue weighted by atomic mass is 16.2. The van der Waals surface area contributed by atoms with Crippen molar-refractivity contribution in [2.24, 2.45) is 0 Å². The SMILES string of the molecule is CC(C)(CN1CCCN(C(=O)c2ccncc2)CC1)c1ccccc1. The molecule has 4 heteroatoms. The molecule has 132 valence electrons. The Balaban J connectivity index is 1.61. The van der Waals surface area contributed by atoms with E-state index in [4.69, 9.17) is 0 Å². The van der Waals surface area contributed by atoms with Gasteiger partial charge in [-0.25, -0.2) is 0 Å². The van der Waals surface area contributed by atoms with Crippen LogP contribution in [0.15, 0.2) is 54.9 Å². The third-order valence-electron chi connectivity index (χ3n) is 4.98. The molecule has 1 amide bonds. The zero-order valence-corrected chi connectivity index (χ0v) is 15.2. The highest BCUT2D eigenvalue weighted by Gasteiger charge is 2.26. The average Bonchev–Trinajstić information content (AvgIpc) is 2.88. The number of carbonyl (C=O) groups is 1. The van der Waals surface area contributed by atoms with Gasteiger partial charge in [0, 0.05) is 49.6 Å². The van der Waals surface area contributed by atoms with E-state index in [9.17, 15) is 4.79 Å². The second-order valence-corrected chi connectivity index (χ2v) is 7.41. The molecule has 1 aromatic heterocycles. The van der Waals surface area contributed by atoms with Crippen molar-refractivity contribution in [1.29, 1.82) is 0 Å². The van der Waals surface area contributed by atoms with Gasteiger partial charge in [0.2, 0.25) is 0 Å². The van der Waals surface area contributed by atoms with Crippen LogP contribution in [0.25, 0.3) is 0 Å². The molecule has 1 aliphatic rings. The van der Waals surface area contributed by atoms with Gasteiger partial charge >= 0.3 is 0 Å². The fourth-order valence-electron chi connectivity index (χ4n) is 3.55. The molecular formula is C21H27N3O. The maximum Gasteiger partial charge on any atom is 0.254 e. The summed E-state index contributed by atoms with van der Waals surface area (Å²) in [6.07, 6.45) is 4.38. The van der Waals surface area contributed by atoms with Crippen LogP contribution < -0.4 is 0 Å². The fourth-order valence-corrected chi connectivity index (χ4v) is 3.55. The Kier molecular flexibility index (Phi) is 5.49. The molecule has 0 bridgehead atoms. The second kappa shape index (κ2) is 7.79. The summed E-state index contributed by atoms with van der Waals surface area (Å²) in [5, 5.41) is 0. The lowest BCUT2D eigenvalue weighted by atomic mass is 9.84. The van der Waals surface area contributed by atoms with Crippen molar-refractivity contribution in [3.05, 3.63) is 66.0 Å². The summed E-state index contributed by atoms with van der Waals surface area (Å²) in [5.74, 6) is 0.117. The number of benzene rings is 1. The van der Waals surface area contributed by atoms with Crippen LogP contribution in [0.1, 0.15) is 36.2 Å². The van der Waals surface area contributed by atoms with Gasteiger partial charge in [-0.3, -0.25) is 9.78 Å². The van der Waals surface area contributed by atoms with Crippen molar-refractivity contribution in [1.82, 2.24) is 14.8 Å². The molecule has 2 heterocycles. The zero-order valence-electron chi connectivity index (χ0n) is 15.2. The first-order valence-electron chi connectivity index (χ1n) is 9.03. The van der Waals surface area contributed by atoms with Gasteiger partial charge in [0.25, 0.3) is 5.91 Å². The van der Waals surface area contributed by atoms with Gasteiger partial charge in [-0.2, -0.15) is 0 Å². The Morgan fingerprint density at radius 1 is 1.00 bits per heavy atom. The topological polar surface area (TPSA) is 36.4 Å². The molecule has 2 aromatic rings. The number of hydrogen-bond donors (Lipinski definition) is 0. The number of pyridine rings is 1. The molecule has 0 radical (unpaired) electrons. The van der Waals surface area contributed by atoms with Gasteiger partial charge < -0.3 is 9.80 Å². The van der Waals surface area contributed by atoms with E-state index in [1.54, 1.807) is 24.5 Å². The highest BCUT2D eigenvalue weighted by Crippen LogP contribution is 2.24. The number of hydrogen-bond acceptors (Lipinski definition) is 3. The lowest BCUT2D eigenvalue weighted by molar-refractivity contribution is 0.0760. The van der Waals surface area contributed by atoms with Crippen LogP contribution in [0.3, 0.4) is 0 Å². The summed E-state index contributed by atoms with van der Waals surface area (Å²) in [6, 6.07) is 14.3. The van der Waals surface area contributed by atoms with Crippen molar-refractivity contribution < 1.29 is 4.79 Å². The molecule has 1 saturated heterocycles. The molecule has 1 aliphatic heterocycles. The second-order valence-electron chi connectivity index (χ2n) is 7.41. The molecule has 4 nitrogen and oxygen atoms in total. The summed E-state index contributed by atoms with van der Waals surface area (Å²) in [6.45, 7) is 9.17. The van der Waals surface area contributed by atoms with Crippen molar-refractivity contribution in [2.75, 3.05) is 32.7 Å². The number of carbonyl (C=O) groups excluding carboxylic acids is 1. The van der Waals surface area contributed by atoms with Gasteiger partial charge in [0.1, 0.15) is 0 Å². The third-order valence-corrected chi connectivity index (χ3v) is 4.98. The molecule has 0 aliphatic carbocycles. The molecule has 0 atom stereocenters. The monoisotopic (exact) mass is 337 g/mol. The minimum absolute atomic E-state index is 0.103. The van der Waals surface area contributed by atoms with Gasteiger partial charge in [-0.1, -0.05) is 44.2 Å². The summed E-state index contributed by atoms with van der Waals surface area (Å²) in [5.41, 5.74) is 2.20. The van der Waals surface area contributed by atoms with Gasteiger partial charge in [0.05, 0.1) is 0 Å². The first-order chi connectivity index (χ1) is 12.1. The maximum atomic E-state index is 12.6. The molecule has 3 rings (SSSR count). The van der Waals surface area contributed by atoms with Crippen LogP contribution in [0.4, 0.5) is 0 Å². The summed E-state index contributed by atoms with van der Waals surface area (Å²) >= 11 is 0. The molecule has 25 heavy (non-hydrogen) atoms. The number of amides is 1. The van der Waals surface area contributed by atoms with Gasteiger partial charge in [0.15, 0.2) is 0 Å². The zero-order chi connectivity index (χ0) is 17.7. The largest absolute Gasteiger partial charge is 0.337 e. The predicted molar refractivity (Wildman–Crippen MR) is 101 cm³/mol. The van der Waals surface area contributed by atoms with E-state index in [0.29, 0.717) is 0 Å². The van der Waals surface area contributed by atoms with Gasteiger partial charge in [-0.15, -0.1) is 0 Å². The van der Waals surface area contributed by atoms with Crippen LogP contribution in [0, 0.1) is 0 Å². The van der Waals surface area contributed by atoms with E-state index in [1.807, 2.05) is 4.90 Å². The van der Waals surface area contributed by atoms with E-state index in [0.717, 1.165) is 44.7 Å². The summed E-state index contributed by atoms with van der Waals surface area (Å²) in [4.78, 5) is 21.1. The van der Waals surface area contributed by atoms with E-state index in [-0.39, 0.29) is 11.3 Å². The number of nitrogens with zero attached hydrogens (tertiary/aromatic N) is 3. The quantitative estimate of drug-likeness (QED) is 0.859.